The van der Waals surface area contributed by atoms with E-state index < -0.39 is 0 Å². The Labute approximate surface area is 202 Å². The van der Waals surface area contributed by atoms with Gasteiger partial charge < -0.3 is 9.57 Å². The molecule has 0 atom stereocenters. The first-order valence-electron chi connectivity index (χ1n) is 10.2. The molecular weight excluding hydrogens is 461 g/mol. The van der Waals surface area contributed by atoms with Gasteiger partial charge >= 0.3 is 0 Å². The third kappa shape index (κ3) is 5.05. The van der Waals surface area contributed by atoms with Gasteiger partial charge in [-0.3, -0.25) is 4.68 Å². The SMILES string of the molecule is Cc1ccc(Oc2c(/C=N\OCc3c(Cl)c(-c4ccc(Cl)cc4)nn3C)c(C)nn2C)cc1. The predicted octanol–water partition coefficient (Wildman–Crippen LogP) is 6.09. The monoisotopic (exact) mass is 483 g/mol. The highest BCUT2D eigenvalue weighted by atomic mass is 35.5. The lowest BCUT2D eigenvalue weighted by Gasteiger charge is -2.07. The lowest BCUT2D eigenvalue weighted by atomic mass is 10.1. The van der Waals surface area contributed by atoms with Crippen molar-refractivity contribution in [2.75, 3.05) is 0 Å². The Morgan fingerprint density at radius 2 is 1.64 bits per heavy atom. The normalized spacial score (nSPS) is 11.3. The summed E-state index contributed by atoms with van der Waals surface area (Å²) in [6.07, 6.45) is 1.59. The molecule has 0 amide bonds. The fourth-order valence-electron chi connectivity index (χ4n) is 3.31. The fourth-order valence-corrected chi connectivity index (χ4v) is 3.76. The predicted molar refractivity (Wildman–Crippen MR) is 130 cm³/mol. The van der Waals surface area contributed by atoms with Crippen molar-refractivity contribution in [3.05, 3.63) is 81.1 Å². The van der Waals surface area contributed by atoms with E-state index in [0.717, 1.165) is 28.1 Å². The van der Waals surface area contributed by atoms with Crippen LogP contribution in [0.2, 0.25) is 10.0 Å². The molecule has 2 heterocycles. The summed E-state index contributed by atoms with van der Waals surface area (Å²) in [5.41, 5.74) is 4.91. The van der Waals surface area contributed by atoms with Crippen LogP contribution in [-0.2, 0) is 25.5 Å². The molecule has 0 unspecified atom stereocenters. The number of hydrogen-bond acceptors (Lipinski definition) is 5. The molecule has 0 saturated heterocycles. The molecule has 0 bridgehead atoms. The number of nitrogens with zero attached hydrogens (tertiary/aromatic N) is 5. The Balaban J connectivity index is 1.48. The van der Waals surface area contributed by atoms with Crippen LogP contribution in [0.15, 0.2) is 53.7 Å². The van der Waals surface area contributed by atoms with Crippen molar-refractivity contribution in [3.8, 4) is 22.9 Å². The lowest BCUT2D eigenvalue weighted by molar-refractivity contribution is 0.126. The van der Waals surface area contributed by atoms with Crippen LogP contribution in [0.4, 0.5) is 0 Å². The summed E-state index contributed by atoms with van der Waals surface area (Å²) >= 11 is 12.5. The number of aryl methyl sites for hydroxylation is 4. The van der Waals surface area contributed by atoms with E-state index in [1.165, 1.54) is 0 Å². The number of benzene rings is 2. The molecule has 33 heavy (non-hydrogen) atoms. The smallest absolute Gasteiger partial charge is 0.226 e. The number of ether oxygens (including phenoxy) is 1. The van der Waals surface area contributed by atoms with Crippen LogP contribution in [0.1, 0.15) is 22.5 Å². The van der Waals surface area contributed by atoms with Crippen molar-refractivity contribution in [2.45, 2.75) is 20.5 Å². The Morgan fingerprint density at radius 3 is 2.33 bits per heavy atom. The summed E-state index contributed by atoms with van der Waals surface area (Å²) in [6.45, 7) is 4.07. The van der Waals surface area contributed by atoms with Gasteiger partial charge in [0.1, 0.15) is 11.4 Å². The largest absolute Gasteiger partial charge is 0.439 e. The van der Waals surface area contributed by atoms with Crippen LogP contribution in [0.3, 0.4) is 0 Å². The average molecular weight is 484 g/mol. The first-order valence-corrected chi connectivity index (χ1v) is 11.0. The molecule has 2 aromatic heterocycles. The van der Waals surface area contributed by atoms with Crippen molar-refractivity contribution in [1.82, 2.24) is 19.6 Å². The van der Waals surface area contributed by atoms with Crippen LogP contribution in [-0.4, -0.2) is 25.8 Å². The Hall–Kier alpha value is -3.29. The van der Waals surface area contributed by atoms with E-state index in [1.807, 2.05) is 64.3 Å². The summed E-state index contributed by atoms with van der Waals surface area (Å²) < 4.78 is 9.40. The summed E-state index contributed by atoms with van der Waals surface area (Å²) in [5, 5.41) is 14.2. The minimum absolute atomic E-state index is 0.153. The van der Waals surface area contributed by atoms with Gasteiger partial charge in [-0.1, -0.05) is 58.2 Å². The molecule has 0 saturated carbocycles. The molecule has 0 radical (unpaired) electrons. The summed E-state index contributed by atoms with van der Waals surface area (Å²) in [7, 11) is 3.63. The van der Waals surface area contributed by atoms with E-state index in [0.29, 0.717) is 27.3 Å². The molecule has 4 aromatic rings. The minimum atomic E-state index is 0.153. The maximum Gasteiger partial charge on any atom is 0.226 e. The second kappa shape index (κ2) is 9.68. The molecule has 4 rings (SSSR count). The van der Waals surface area contributed by atoms with Crippen molar-refractivity contribution in [3.63, 3.8) is 0 Å². The third-order valence-electron chi connectivity index (χ3n) is 5.13. The van der Waals surface area contributed by atoms with Crippen LogP contribution >= 0.6 is 23.2 Å². The first-order chi connectivity index (χ1) is 15.8. The molecule has 0 N–H and O–H groups in total. The van der Waals surface area contributed by atoms with Crippen LogP contribution in [0.25, 0.3) is 11.3 Å². The highest BCUT2D eigenvalue weighted by Gasteiger charge is 2.17. The van der Waals surface area contributed by atoms with Crippen LogP contribution in [0, 0.1) is 13.8 Å². The van der Waals surface area contributed by atoms with Gasteiger partial charge in [0.2, 0.25) is 5.88 Å². The molecule has 0 spiro atoms. The zero-order valence-electron chi connectivity index (χ0n) is 18.7. The lowest BCUT2D eigenvalue weighted by Crippen LogP contribution is -2.00. The van der Waals surface area contributed by atoms with E-state index in [2.05, 4.69) is 15.4 Å². The zero-order chi connectivity index (χ0) is 23.5. The van der Waals surface area contributed by atoms with E-state index >= 15 is 0 Å². The Bertz CT molecular complexity index is 1290. The van der Waals surface area contributed by atoms with Crippen molar-refractivity contribution < 1.29 is 9.57 Å². The number of aromatic nitrogens is 4. The standard InChI is InChI=1S/C24H23Cl2N5O2/c1-15-5-11-19(12-6-15)33-24-20(16(2)28-31(24)4)13-27-32-14-21-22(26)23(29-30(21)3)17-7-9-18(25)10-8-17/h5-13H,14H2,1-4H3/b27-13-. The van der Waals surface area contributed by atoms with E-state index in [9.17, 15) is 0 Å². The van der Waals surface area contributed by atoms with Gasteiger partial charge in [0.05, 0.1) is 28.2 Å². The minimum Gasteiger partial charge on any atom is -0.439 e. The molecule has 0 aliphatic carbocycles. The molecule has 0 fully saturated rings. The molecule has 7 nitrogen and oxygen atoms in total. The summed E-state index contributed by atoms with van der Waals surface area (Å²) in [4.78, 5) is 5.55. The Kier molecular flexibility index (Phi) is 6.72. The highest BCUT2D eigenvalue weighted by molar-refractivity contribution is 6.34. The second-order valence-electron chi connectivity index (χ2n) is 7.59. The van der Waals surface area contributed by atoms with E-state index in [4.69, 9.17) is 32.8 Å². The maximum atomic E-state index is 6.57. The average Bonchev–Trinajstić information content (AvgIpc) is 3.22. The molecular formula is C24H23Cl2N5O2. The van der Waals surface area contributed by atoms with Gasteiger partial charge in [0.15, 0.2) is 6.61 Å². The number of oxime groups is 1. The van der Waals surface area contributed by atoms with Gasteiger partial charge in [0, 0.05) is 24.7 Å². The number of halogens is 2. The van der Waals surface area contributed by atoms with Crippen LogP contribution < -0.4 is 4.74 Å². The molecule has 170 valence electrons. The Morgan fingerprint density at radius 1 is 0.939 bits per heavy atom. The summed E-state index contributed by atoms with van der Waals surface area (Å²) in [5.74, 6) is 1.29. The fraction of sp³-hybridized carbons (Fsp3) is 0.208. The maximum absolute atomic E-state index is 6.57. The van der Waals surface area contributed by atoms with Gasteiger partial charge in [-0.25, -0.2) is 4.68 Å². The quantitative estimate of drug-likeness (QED) is 0.235. The van der Waals surface area contributed by atoms with Gasteiger partial charge in [-0.15, -0.1) is 0 Å². The number of hydrogen-bond donors (Lipinski definition) is 0. The third-order valence-corrected chi connectivity index (χ3v) is 5.78. The van der Waals surface area contributed by atoms with E-state index in [1.54, 1.807) is 27.7 Å². The number of rotatable bonds is 7. The summed E-state index contributed by atoms with van der Waals surface area (Å²) in [6, 6.07) is 15.2. The van der Waals surface area contributed by atoms with Crippen molar-refractivity contribution in [2.24, 2.45) is 19.3 Å². The zero-order valence-corrected chi connectivity index (χ0v) is 20.2. The van der Waals surface area contributed by atoms with Gasteiger partial charge in [-0.2, -0.15) is 10.2 Å². The highest BCUT2D eigenvalue weighted by Crippen LogP contribution is 2.31. The van der Waals surface area contributed by atoms with Crippen LogP contribution in [0.5, 0.6) is 11.6 Å². The molecule has 0 aliphatic rings. The van der Waals surface area contributed by atoms with Gasteiger partial charge in [0.25, 0.3) is 0 Å². The molecule has 9 heteroatoms. The van der Waals surface area contributed by atoms with Gasteiger partial charge in [-0.05, 0) is 38.1 Å². The topological polar surface area (TPSA) is 66.5 Å². The van der Waals surface area contributed by atoms with Crippen molar-refractivity contribution >= 4 is 29.4 Å². The molecule has 2 aromatic carbocycles. The molecule has 0 aliphatic heterocycles. The van der Waals surface area contributed by atoms with Crippen molar-refractivity contribution in [1.29, 1.82) is 0 Å². The van der Waals surface area contributed by atoms with E-state index in [-0.39, 0.29) is 6.61 Å². The second-order valence-corrected chi connectivity index (χ2v) is 8.41. The first kappa shape index (κ1) is 22.9.